The van der Waals surface area contributed by atoms with Gasteiger partial charge in [-0.1, -0.05) is 19.8 Å². The molecule has 5 heterocycles. The van der Waals surface area contributed by atoms with E-state index in [1.54, 1.807) is 6.33 Å². The van der Waals surface area contributed by atoms with Gasteiger partial charge in [0, 0.05) is 45.2 Å². The van der Waals surface area contributed by atoms with Crippen molar-refractivity contribution in [3.8, 4) is 0 Å². The summed E-state index contributed by atoms with van der Waals surface area (Å²) < 4.78 is 2.28. The molecule has 2 aromatic rings. The standard InChI is InChI=1S/C26H41N7O/c1-2-21-11-5-7-14-31(21)16-9-13-27-26(34)20-10-8-15-32(18-20)24-23-25(29-19-28-24)33-17-6-3-4-12-22(33)30-23/h19-21H,2-18H2,1H3,(H,27,34)/t20-,21+/m0/s1. The second-order valence-electron chi connectivity index (χ2n) is 10.4. The monoisotopic (exact) mass is 467 g/mol. The Labute approximate surface area is 203 Å². The van der Waals surface area contributed by atoms with Gasteiger partial charge in [-0.25, -0.2) is 15.0 Å². The fourth-order valence-corrected chi connectivity index (χ4v) is 6.20. The maximum Gasteiger partial charge on any atom is 0.224 e. The first kappa shape index (κ1) is 23.5. The fourth-order valence-electron chi connectivity index (χ4n) is 6.20. The summed E-state index contributed by atoms with van der Waals surface area (Å²) in [5.74, 6) is 2.25. The van der Waals surface area contributed by atoms with Gasteiger partial charge in [-0.15, -0.1) is 0 Å². The van der Waals surface area contributed by atoms with E-state index in [0.717, 1.165) is 80.7 Å². The van der Waals surface area contributed by atoms with Gasteiger partial charge < -0.3 is 19.7 Å². The number of piperidine rings is 2. The van der Waals surface area contributed by atoms with Crippen molar-refractivity contribution in [3.63, 3.8) is 0 Å². The first-order chi connectivity index (χ1) is 16.7. The van der Waals surface area contributed by atoms with Gasteiger partial charge in [-0.2, -0.15) is 0 Å². The summed E-state index contributed by atoms with van der Waals surface area (Å²) in [6, 6.07) is 0.735. The van der Waals surface area contributed by atoms with Crippen molar-refractivity contribution in [1.29, 1.82) is 0 Å². The number of rotatable bonds is 7. The predicted molar refractivity (Wildman–Crippen MR) is 135 cm³/mol. The zero-order valence-corrected chi connectivity index (χ0v) is 20.8. The van der Waals surface area contributed by atoms with E-state index in [1.807, 2.05) is 0 Å². The molecule has 0 saturated carbocycles. The molecule has 3 aliphatic heterocycles. The molecule has 0 aromatic carbocycles. The molecule has 2 atom stereocenters. The average molecular weight is 468 g/mol. The number of fused-ring (bicyclic) bond motifs is 3. The number of nitrogens with zero attached hydrogens (tertiary/aromatic N) is 6. The zero-order chi connectivity index (χ0) is 23.3. The molecule has 0 spiro atoms. The molecular weight excluding hydrogens is 426 g/mol. The number of likely N-dealkylation sites (tertiary alicyclic amines) is 1. The van der Waals surface area contributed by atoms with Crippen molar-refractivity contribution in [1.82, 2.24) is 29.7 Å². The molecule has 0 bridgehead atoms. The lowest BCUT2D eigenvalue weighted by molar-refractivity contribution is -0.125. The third-order valence-corrected chi connectivity index (χ3v) is 8.11. The Morgan fingerprint density at radius 1 is 1.06 bits per heavy atom. The summed E-state index contributed by atoms with van der Waals surface area (Å²) in [5, 5.41) is 3.24. The molecule has 0 aliphatic carbocycles. The van der Waals surface area contributed by atoms with Gasteiger partial charge in [0.15, 0.2) is 17.0 Å². The Kier molecular flexibility index (Phi) is 7.62. The molecule has 1 N–H and O–H groups in total. The number of aryl methyl sites for hydroxylation is 2. The number of imidazole rings is 1. The molecule has 186 valence electrons. The molecule has 34 heavy (non-hydrogen) atoms. The van der Waals surface area contributed by atoms with Gasteiger partial charge >= 0.3 is 0 Å². The molecule has 8 heteroatoms. The maximum absolute atomic E-state index is 13.0. The lowest BCUT2D eigenvalue weighted by Gasteiger charge is -2.35. The summed E-state index contributed by atoms with van der Waals surface area (Å²) in [4.78, 5) is 32.1. The maximum atomic E-state index is 13.0. The quantitative estimate of drug-likeness (QED) is 0.628. The molecule has 0 radical (unpaired) electrons. The van der Waals surface area contributed by atoms with Crippen LogP contribution in [-0.4, -0.2) is 69.1 Å². The zero-order valence-electron chi connectivity index (χ0n) is 20.8. The van der Waals surface area contributed by atoms with Gasteiger partial charge in [0.1, 0.15) is 12.2 Å². The number of amides is 1. The van der Waals surface area contributed by atoms with Crippen molar-refractivity contribution >= 4 is 22.9 Å². The smallest absolute Gasteiger partial charge is 0.224 e. The highest BCUT2D eigenvalue weighted by atomic mass is 16.1. The minimum Gasteiger partial charge on any atom is -0.356 e. The Balaban J connectivity index is 1.18. The van der Waals surface area contributed by atoms with E-state index in [-0.39, 0.29) is 11.8 Å². The number of hydrogen-bond acceptors (Lipinski definition) is 6. The molecule has 2 fully saturated rings. The minimum absolute atomic E-state index is 0.0117. The summed E-state index contributed by atoms with van der Waals surface area (Å²) in [6.45, 7) is 8.01. The van der Waals surface area contributed by atoms with Gasteiger partial charge in [-0.3, -0.25) is 4.79 Å². The number of carbonyl (C=O) groups excluding carboxylic acids is 1. The second kappa shape index (κ2) is 11.0. The molecular formula is C26H41N7O. The summed E-state index contributed by atoms with van der Waals surface area (Å²) in [5.41, 5.74) is 1.86. The van der Waals surface area contributed by atoms with E-state index in [2.05, 4.69) is 36.6 Å². The van der Waals surface area contributed by atoms with Crippen LogP contribution >= 0.6 is 0 Å². The van der Waals surface area contributed by atoms with E-state index in [0.29, 0.717) is 6.54 Å². The van der Waals surface area contributed by atoms with Crippen LogP contribution in [0.1, 0.15) is 77.0 Å². The number of hydrogen-bond donors (Lipinski definition) is 1. The Morgan fingerprint density at radius 2 is 1.97 bits per heavy atom. The number of carbonyl (C=O) groups is 1. The largest absolute Gasteiger partial charge is 0.356 e. The first-order valence-electron chi connectivity index (χ1n) is 13.7. The van der Waals surface area contributed by atoms with Crippen LogP contribution in [0, 0.1) is 5.92 Å². The SMILES string of the molecule is CC[C@@H]1CCCCN1CCCNC(=O)[C@H]1CCCN(c2ncnc3c2nc2n3CCCCC2)C1. The number of anilines is 1. The summed E-state index contributed by atoms with van der Waals surface area (Å²) >= 11 is 0. The summed E-state index contributed by atoms with van der Waals surface area (Å²) in [7, 11) is 0. The highest BCUT2D eigenvalue weighted by Crippen LogP contribution is 2.29. The van der Waals surface area contributed by atoms with E-state index in [9.17, 15) is 4.79 Å². The number of nitrogens with one attached hydrogen (secondary N) is 1. The van der Waals surface area contributed by atoms with Crippen molar-refractivity contribution in [2.45, 2.75) is 90.1 Å². The van der Waals surface area contributed by atoms with Crippen LogP contribution in [0.4, 0.5) is 5.82 Å². The lowest BCUT2D eigenvalue weighted by atomic mass is 9.97. The normalized spacial score (nSPS) is 24.1. The van der Waals surface area contributed by atoms with Crippen LogP contribution in [0.3, 0.4) is 0 Å². The van der Waals surface area contributed by atoms with Crippen molar-refractivity contribution in [3.05, 3.63) is 12.2 Å². The van der Waals surface area contributed by atoms with Crippen LogP contribution in [0.25, 0.3) is 11.2 Å². The molecule has 8 nitrogen and oxygen atoms in total. The Morgan fingerprint density at radius 3 is 2.88 bits per heavy atom. The highest BCUT2D eigenvalue weighted by molar-refractivity contribution is 5.85. The fraction of sp³-hybridized carbons (Fsp3) is 0.769. The van der Waals surface area contributed by atoms with Gasteiger partial charge in [0.05, 0.1) is 5.92 Å². The molecule has 0 unspecified atom stereocenters. The Bertz CT molecular complexity index is 973. The molecule has 5 rings (SSSR count). The van der Waals surface area contributed by atoms with E-state index in [1.165, 1.54) is 51.5 Å². The van der Waals surface area contributed by atoms with E-state index < -0.39 is 0 Å². The van der Waals surface area contributed by atoms with E-state index in [4.69, 9.17) is 4.98 Å². The highest BCUT2D eigenvalue weighted by Gasteiger charge is 2.29. The summed E-state index contributed by atoms with van der Waals surface area (Å²) in [6.07, 6.45) is 14.5. The topological polar surface area (TPSA) is 79.2 Å². The molecule has 2 aromatic heterocycles. The van der Waals surface area contributed by atoms with E-state index >= 15 is 0 Å². The van der Waals surface area contributed by atoms with Crippen LogP contribution in [-0.2, 0) is 17.8 Å². The average Bonchev–Trinajstić information content (AvgIpc) is 3.07. The van der Waals surface area contributed by atoms with Gasteiger partial charge in [0.25, 0.3) is 0 Å². The minimum atomic E-state index is 0.0117. The van der Waals surface area contributed by atoms with Crippen molar-refractivity contribution in [2.24, 2.45) is 5.92 Å². The van der Waals surface area contributed by atoms with Gasteiger partial charge in [-0.05, 0) is 57.9 Å². The van der Waals surface area contributed by atoms with Crippen LogP contribution in [0.2, 0.25) is 0 Å². The lowest BCUT2D eigenvalue weighted by Crippen LogP contribution is -2.44. The molecule has 2 saturated heterocycles. The Hall–Kier alpha value is -2.22. The second-order valence-corrected chi connectivity index (χ2v) is 10.4. The third kappa shape index (κ3) is 5.07. The van der Waals surface area contributed by atoms with Crippen LogP contribution in [0.5, 0.6) is 0 Å². The first-order valence-corrected chi connectivity index (χ1v) is 13.7. The predicted octanol–water partition coefficient (Wildman–Crippen LogP) is 3.54. The van der Waals surface area contributed by atoms with Crippen molar-refractivity contribution < 1.29 is 4.79 Å². The number of aromatic nitrogens is 4. The van der Waals surface area contributed by atoms with Gasteiger partial charge in [0.2, 0.25) is 5.91 Å². The van der Waals surface area contributed by atoms with Crippen molar-refractivity contribution in [2.75, 3.05) is 37.6 Å². The third-order valence-electron chi connectivity index (χ3n) is 8.11. The molecule has 3 aliphatic rings. The van der Waals surface area contributed by atoms with Crippen LogP contribution < -0.4 is 10.2 Å². The molecule has 1 amide bonds. The van der Waals surface area contributed by atoms with Crippen LogP contribution in [0.15, 0.2) is 6.33 Å².